The van der Waals surface area contributed by atoms with Crippen LogP contribution in [0.1, 0.15) is 35.3 Å². The van der Waals surface area contributed by atoms with Crippen LogP contribution in [0.3, 0.4) is 0 Å². The highest BCUT2D eigenvalue weighted by Gasteiger charge is 2.30. The van der Waals surface area contributed by atoms with Gasteiger partial charge in [0, 0.05) is 44.5 Å². The monoisotopic (exact) mass is 468 g/mol. The van der Waals surface area contributed by atoms with Gasteiger partial charge < -0.3 is 15.1 Å². The summed E-state index contributed by atoms with van der Waals surface area (Å²) >= 11 is 0. The van der Waals surface area contributed by atoms with Gasteiger partial charge in [-0.3, -0.25) is 19.3 Å². The molecule has 7 nitrogen and oxygen atoms in total. The van der Waals surface area contributed by atoms with Gasteiger partial charge in [0.15, 0.2) is 0 Å². The highest BCUT2D eigenvalue weighted by molar-refractivity contribution is 5.96. The predicted octanol–water partition coefficient (Wildman–Crippen LogP) is 2.94. The van der Waals surface area contributed by atoms with Crippen molar-refractivity contribution in [3.05, 3.63) is 65.0 Å². The van der Waals surface area contributed by atoms with Gasteiger partial charge in [0.1, 0.15) is 5.82 Å². The minimum atomic E-state index is -0.421. The van der Waals surface area contributed by atoms with Crippen LogP contribution in [0.25, 0.3) is 0 Å². The van der Waals surface area contributed by atoms with Gasteiger partial charge in [-0.05, 0) is 49.6 Å². The fourth-order valence-electron chi connectivity index (χ4n) is 4.13. The highest BCUT2D eigenvalue weighted by atomic mass is 19.1. The normalized spacial score (nSPS) is 15.0. The molecule has 1 unspecified atom stereocenters. The summed E-state index contributed by atoms with van der Waals surface area (Å²) in [6.07, 6.45) is 0.801. The molecule has 0 aromatic heterocycles. The van der Waals surface area contributed by atoms with E-state index in [0.717, 1.165) is 17.7 Å². The Labute approximate surface area is 200 Å². The van der Waals surface area contributed by atoms with Crippen molar-refractivity contribution in [2.45, 2.75) is 33.2 Å². The van der Waals surface area contributed by atoms with Crippen molar-refractivity contribution in [3.63, 3.8) is 0 Å². The Bertz CT molecular complexity index is 1050. The van der Waals surface area contributed by atoms with Gasteiger partial charge in [0.25, 0.3) is 5.91 Å². The molecule has 0 radical (unpaired) electrons. The highest BCUT2D eigenvalue weighted by Crippen LogP contribution is 2.16. The Hall–Kier alpha value is -3.26. The molecule has 3 amide bonds. The molecule has 1 aliphatic rings. The van der Waals surface area contributed by atoms with E-state index in [9.17, 15) is 18.8 Å². The van der Waals surface area contributed by atoms with Gasteiger partial charge in [-0.1, -0.05) is 31.2 Å². The van der Waals surface area contributed by atoms with Gasteiger partial charge in [-0.2, -0.15) is 0 Å². The number of piperazine rings is 1. The van der Waals surface area contributed by atoms with Crippen LogP contribution in [0.2, 0.25) is 0 Å². The number of aryl methyl sites for hydroxylation is 2. The number of rotatable bonds is 7. The number of nitrogens with one attached hydrogen (secondary N) is 1. The maximum atomic E-state index is 13.8. The van der Waals surface area contributed by atoms with E-state index in [4.69, 9.17) is 0 Å². The van der Waals surface area contributed by atoms with Crippen molar-refractivity contribution in [2.75, 3.05) is 45.1 Å². The van der Waals surface area contributed by atoms with Crippen LogP contribution < -0.4 is 5.32 Å². The topological polar surface area (TPSA) is 73.0 Å². The zero-order chi connectivity index (χ0) is 24.8. The summed E-state index contributed by atoms with van der Waals surface area (Å²) in [6, 6.07) is 11.7. The van der Waals surface area contributed by atoms with Crippen LogP contribution in [0.15, 0.2) is 42.5 Å². The molecule has 0 aliphatic carbocycles. The van der Waals surface area contributed by atoms with E-state index in [1.165, 1.54) is 11.0 Å². The van der Waals surface area contributed by atoms with Crippen LogP contribution in [0.5, 0.6) is 0 Å². The first kappa shape index (κ1) is 25.4. The SMILES string of the molecule is CCc1ccccc1NC(=O)CN(C)C(=O)C(C)N1CCN(C(=O)c2ccc(C)c(F)c2)CC1. The first-order chi connectivity index (χ1) is 16.2. The average Bonchev–Trinajstić information content (AvgIpc) is 2.84. The van der Waals surface area contributed by atoms with Crippen molar-refractivity contribution in [3.8, 4) is 0 Å². The molecule has 0 bridgehead atoms. The van der Waals surface area contributed by atoms with E-state index in [1.807, 2.05) is 43.0 Å². The second-order valence-corrected chi connectivity index (χ2v) is 8.72. The van der Waals surface area contributed by atoms with Crippen molar-refractivity contribution >= 4 is 23.4 Å². The second-order valence-electron chi connectivity index (χ2n) is 8.72. The molecule has 1 atom stereocenters. The molecule has 3 rings (SSSR count). The number of carbonyl (C=O) groups is 3. The van der Waals surface area contributed by atoms with Gasteiger partial charge in [0.05, 0.1) is 12.6 Å². The van der Waals surface area contributed by atoms with Crippen molar-refractivity contribution < 1.29 is 18.8 Å². The number of amides is 3. The molecule has 2 aromatic carbocycles. The van der Waals surface area contributed by atoms with Crippen LogP contribution in [0.4, 0.5) is 10.1 Å². The molecular weight excluding hydrogens is 435 g/mol. The third-order valence-corrected chi connectivity index (χ3v) is 6.35. The first-order valence-corrected chi connectivity index (χ1v) is 11.6. The van der Waals surface area contributed by atoms with Crippen LogP contribution >= 0.6 is 0 Å². The standard InChI is InChI=1S/C26H33FN4O3/c1-5-20-8-6-7-9-23(20)28-24(32)17-29(4)25(33)19(3)30-12-14-31(15-13-30)26(34)21-11-10-18(2)22(27)16-21/h6-11,16,19H,5,12-15,17H2,1-4H3,(H,28,32). The lowest BCUT2D eigenvalue weighted by molar-refractivity contribution is -0.138. The number of benzene rings is 2. The molecule has 0 spiro atoms. The van der Waals surface area contributed by atoms with Crippen LogP contribution in [0, 0.1) is 12.7 Å². The molecule has 0 saturated carbocycles. The largest absolute Gasteiger partial charge is 0.336 e. The number of carbonyl (C=O) groups excluding carboxylic acids is 3. The number of para-hydroxylation sites is 1. The van der Waals surface area contributed by atoms with Crippen LogP contribution in [-0.4, -0.2) is 78.2 Å². The van der Waals surface area contributed by atoms with E-state index in [1.54, 1.807) is 31.0 Å². The zero-order valence-electron chi connectivity index (χ0n) is 20.3. The number of hydrogen-bond donors (Lipinski definition) is 1. The molecular formula is C26H33FN4O3. The van der Waals surface area contributed by atoms with Crippen molar-refractivity contribution in [2.24, 2.45) is 0 Å². The summed E-state index contributed by atoms with van der Waals surface area (Å²) < 4.78 is 13.8. The molecule has 34 heavy (non-hydrogen) atoms. The van der Waals surface area contributed by atoms with Crippen molar-refractivity contribution in [1.29, 1.82) is 0 Å². The zero-order valence-corrected chi connectivity index (χ0v) is 20.3. The summed E-state index contributed by atoms with van der Waals surface area (Å²) in [5, 5.41) is 2.89. The van der Waals surface area contributed by atoms with E-state index in [0.29, 0.717) is 37.3 Å². The minimum Gasteiger partial charge on any atom is -0.336 e. The van der Waals surface area contributed by atoms with E-state index in [-0.39, 0.29) is 24.3 Å². The lowest BCUT2D eigenvalue weighted by atomic mass is 10.1. The summed E-state index contributed by atoms with van der Waals surface area (Å²) in [5.41, 5.74) is 2.63. The summed E-state index contributed by atoms with van der Waals surface area (Å²) in [4.78, 5) is 43.3. The fourth-order valence-corrected chi connectivity index (χ4v) is 4.13. The molecule has 1 aliphatic heterocycles. The number of likely N-dealkylation sites (N-methyl/N-ethyl adjacent to an activating group) is 1. The lowest BCUT2D eigenvalue weighted by Gasteiger charge is -2.38. The Balaban J connectivity index is 1.51. The minimum absolute atomic E-state index is 0.0430. The van der Waals surface area contributed by atoms with Gasteiger partial charge in [0.2, 0.25) is 11.8 Å². The molecule has 8 heteroatoms. The average molecular weight is 469 g/mol. The van der Waals surface area contributed by atoms with Crippen LogP contribution in [-0.2, 0) is 16.0 Å². The second kappa shape index (κ2) is 11.2. The number of anilines is 1. The summed E-state index contributed by atoms with van der Waals surface area (Å²) in [7, 11) is 1.62. The Kier molecular flexibility index (Phi) is 8.39. The Morgan fingerprint density at radius 2 is 1.76 bits per heavy atom. The Morgan fingerprint density at radius 3 is 2.41 bits per heavy atom. The molecule has 2 aromatic rings. The van der Waals surface area contributed by atoms with Gasteiger partial charge in [-0.25, -0.2) is 4.39 Å². The summed E-state index contributed by atoms with van der Waals surface area (Å²) in [5.74, 6) is -1.00. The summed E-state index contributed by atoms with van der Waals surface area (Å²) in [6.45, 7) is 7.40. The third-order valence-electron chi connectivity index (χ3n) is 6.35. The molecule has 1 saturated heterocycles. The van der Waals surface area contributed by atoms with E-state index in [2.05, 4.69) is 5.32 Å². The lowest BCUT2D eigenvalue weighted by Crippen LogP contribution is -2.55. The quantitative estimate of drug-likeness (QED) is 0.678. The van der Waals surface area contributed by atoms with E-state index >= 15 is 0 Å². The van der Waals surface area contributed by atoms with Gasteiger partial charge >= 0.3 is 0 Å². The maximum Gasteiger partial charge on any atom is 0.254 e. The van der Waals surface area contributed by atoms with Gasteiger partial charge in [-0.15, -0.1) is 0 Å². The number of hydrogen-bond acceptors (Lipinski definition) is 4. The first-order valence-electron chi connectivity index (χ1n) is 11.6. The van der Waals surface area contributed by atoms with Crippen molar-refractivity contribution in [1.82, 2.24) is 14.7 Å². The van der Waals surface area contributed by atoms with E-state index < -0.39 is 11.9 Å². The fraction of sp³-hybridized carbons (Fsp3) is 0.423. The smallest absolute Gasteiger partial charge is 0.254 e. The molecule has 1 heterocycles. The molecule has 1 fully saturated rings. The maximum absolute atomic E-state index is 13.8. The number of halogens is 1. The Morgan fingerprint density at radius 1 is 1.09 bits per heavy atom. The predicted molar refractivity (Wildman–Crippen MR) is 130 cm³/mol. The third kappa shape index (κ3) is 5.99. The molecule has 182 valence electrons. The molecule has 1 N–H and O–H groups in total. The number of nitrogens with zero attached hydrogens (tertiary/aromatic N) is 3.